The topological polar surface area (TPSA) is 112 Å². The van der Waals surface area contributed by atoms with Gasteiger partial charge in [0.1, 0.15) is 12.0 Å². The summed E-state index contributed by atoms with van der Waals surface area (Å²) in [7, 11) is 0. The lowest BCUT2D eigenvalue weighted by Crippen LogP contribution is -2.31. The summed E-state index contributed by atoms with van der Waals surface area (Å²) in [5.74, 6) is -0.399. The van der Waals surface area contributed by atoms with Gasteiger partial charge in [0.25, 0.3) is 5.91 Å². The summed E-state index contributed by atoms with van der Waals surface area (Å²) < 4.78 is 7.02. The number of amides is 1. The minimum atomic E-state index is -0.937. The molecule has 0 unspecified atom stereocenters. The monoisotopic (exact) mass is 319 g/mol. The molecule has 23 heavy (non-hydrogen) atoms. The average molecular weight is 319 g/mol. The first-order valence-corrected chi connectivity index (χ1v) is 7.00. The first-order valence-electron chi connectivity index (χ1n) is 7.00. The van der Waals surface area contributed by atoms with Crippen molar-refractivity contribution in [2.24, 2.45) is 0 Å². The predicted molar refractivity (Wildman–Crippen MR) is 82.2 cm³/mol. The lowest BCUT2D eigenvalue weighted by atomic mass is 10.3. The summed E-state index contributed by atoms with van der Waals surface area (Å²) in [5.41, 5.74) is 0. The van der Waals surface area contributed by atoms with Crippen LogP contribution in [0.2, 0.25) is 0 Å². The number of ether oxygens (including phenoxy) is 1. The maximum atomic E-state index is 12.2. The van der Waals surface area contributed by atoms with Crippen LogP contribution < -0.4 is 10.1 Å². The smallest absolute Gasteiger partial charge is 0.406 e. The second-order valence-corrected chi connectivity index (χ2v) is 5.09. The predicted octanol–water partition coefficient (Wildman–Crippen LogP) is 2.17. The molecule has 0 spiro atoms. The van der Waals surface area contributed by atoms with E-state index in [1.54, 1.807) is 16.9 Å². The lowest BCUT2D eigenvalue weighted by molar-refractivity contribution is -0.390. The molecular formula is C14H17N5O4. The van der Waals surface area contributed by atoms with Crippen LogP contribution >= 0.6 is 0 Å². The molecule has 2 heterocycles. The molecule has 9 nitrogen and oxygen atoms in total. The molecule has 9 heteroatoms. The molecule has 1 amide bonds. The standard InChI is InChI=1S/C14H17N5O4/c1-9(2)18-12(6-8-16-18)17-14(20)10(3)23-11-5-4-7-15-13(11)19(21)22/h4-10H,1-3H3,(H,17,20)/t10-/m1/s1. The Morgan fingerprint density at radius 2 is 2.09 bits per heavy atom. The van der Waals surface area contributed by atoms with Gasteiger partial charge in [-0.15, -0.1) is 0 Å². The van der Waals surface area contributed by atoms with Crippen LogP contribution in [-0.2, 0) is 4.79 Å². The summed E-state index contributed by atoms with van der Waals surface area (Å²) >= 11 is 0. The molecular weight excluding hydrogens is 302 g/mol. The first kappa shape index (κ1) is 16.4. The van der Waals surface area contributed by atoms with Gasteiger partial charge in [-0.2, -0.15) is 5.10 Å². The fourth-order valence-corrected chi connectivity index (χ4v) is 1.91. The van der Waals surface area contributed by atoms with Gasteiger partial charge < -0.3 is 20.2 Å². The van der Waals surface area contributed by atoms with E-state index >= 15 is 0 Å². The molecule has 0 aromatic carbocycles. The number of rotatable bonds is 6. The van der Waals surface area contributed by atoms with Crippen LogP contribution in [0.25, 0.3) is 0 Å². The van der Waals surface area contributed by atoms with Crippen LogP contribution in [0, 0.1) is 10.1 Å². The summed E-state index contributed by atoms with van der Waals surface area (Å²) in [6, 6.07) is 4.64. The Labute approximate surface area is 132 Å². The van der Waals surface area contributed by atoms with Crippen molar-refractivity contribution in [1.82, 2.24) is 14.8 Å². The Kier molecular flexibility index (Phi) is 4.89. The molecule has 2 aromatic rings. The third kappa shape index (κ3) is 3.82. The van der Waals surface area contributed by atoms with Crippen LogP contribution in [-0.4, -0.2) is 31.7 Å². The Balaban J connectivity index is 2.09. The van der Waals surface area contributed by atoms with Gasteiger partial charge >= 0.3 is 5.82 Å². The fraction of sp³-hybridized carbons (Fsp3) is 0.357. The van der Waals surface area contributed by atoms with E-state index in [1.165, 1.54) is 25.3 Å². The number of carbonyl (C=O) groups excluding carboxylic acids is 1. The molecule has 122 valence electrons. The Bertz CT molecular complexity index is 713. The van der Waals surface area contributed by atoms with Crippen LogP contribution in [0.3, 0.4) is 0 Å². The van der Waals surface area contributed by atoms with Crippen LogP contribution in [0.4, 0.5) is 11.6 Å². The van der Waals surface area contributed by atoms with Crippen molar-refractivity contribution in [2.75, 3.05) is 5.32 Å². The van der Waals surface area contributed by atoms with Crippen molar-refractivity contribution in [3.63, 3.8) is 0 Å². The van der Waals surface area contributed by atoms with Crippen LogP contribution in [0.5, 0.6) is 5.75 Å². The van der Waals surface area contributed by atoms with Gasteiger partial charge in [0.05, 0.1) is 6.20 Å². The Hall–Kier alpha value is -2.97. The zero-order valence-corrected chi connectivity index (χ0v) is 13.0. The molecule has 1 N–H and O–H groups in total. The van der Waals surface area contributed by atoms with E-state index < -0.39 is 22.8 Å². The zero-order chi connectivity index (χ0) is 17.0. The van der Waals surface area contributed by atoms with E-state index in [4.69, 9.17) is 4.74 Å². The fourth-order valence-electron chi connectivity index (χ4n) is 1.91. The second-order valence-electron chi connectivity index (χ2n) is 5.09. The highest BCUT2D eigenvalue weighted by molar-refractivity contribution is 5.93. The molecule has 0 aliphatic rings. The molecule has 0 aliphatic heterocycles. The van der Waals surface area contributed by atoms with Crippen molar-refractivity contribution < 1.29 is 14.5 Å². The van der Waals surface area contributed by atoms with E-state index in [9.17, 15) is 14.9 Å². The van der Waals surface area contributed by atoms with E-state index in [0.29, 0.717) is 5.82 Å². The van der Waals surface area contributed by atoms with Gasteiger partial charge in [-0.25, -0.2) is 4.68 Å². The maximum Gasteiger partial charge on any atom is 0.406 e. The number of nitrogens with zero attached hydrogens (tertiary/aromatic N) is 4. The molecule has 0 radical (unpaired) electrons. The molecule has 0 fully saturated rings. The lowest BCUT2D eigenvalue weighted by Gasteiger charge is -2.16. The number of aromatic nitrogens is 3. The van der Waals surface area contributed by atoms with Crippen LogP contribution in [0.15, 0.2) is 30.6 Å². The van der Waals surface area contributed by atoms with Crippen molar-refractivity contribution >= 4 is 17.5 Å². The van der Waals surface area contributed by atoms with E-state index in [0.717, 1.165) is 0 Å². The number of carbonyl (C=O) groups is 1. The van der Waals surface area contributed by atoms with Crippen molar-refractivity contribution in [3.05, 3.63) is 40.7 Å². The van der Waals surface area contributed by atoms with E-state index in [-0.39, 0.29) is 11.8 Å². The van der Waals surface area contributed by atoms with Crippen molar-refractivity contribution in [2.45, 2.75) is 32.9 Å². The van der Waals surface area contributed by atoms with Gasteiger partial charge in [-0.1, -0.05) is 0 Å². The molecule has 0 bridgehead atoms. The number of pyridine rings is 1. The minimum absolute atomic E-state index is 0.0579. The minimum Gasteiger partial charge on any atom is -0.473 e. The average Bonchev–Trinajstić information content (AvgIpc) is 2.95. The molecule has 2 rings (SSSR count). The Morgan fingerprint density at radius 1 is 1.35 bits per heavy atom. The number of nitro groups is 1. The van der Waals surface area contributed by atoms with Gasteiger partial charge in [0.2, 0.25) is 5.75 Å². The summed E-state index contributed by atoms with van der Waals surface area (Å²) in [4.78, 5) is 26.1. The zero-order valence-electron chi connectivity index (χ0n) is 13.0. The third-order valence-electron chi connectivity index (χ3n) is 3.01. The highest BCUT2D eigenvalue weighted by Gasteiger charge is 2.22. The van der Waals surface area contributed by atoms with Gasteiger partial charge in [-0.05, 0) is 42.8 Å². The second kappa shape index (κ2) is 6.86. The number of anilines is 1. The molecule has 0 saturated carbocycles. The number of hydrogen-bond donors (Lipinski definition) is 1. The Morgan fingerprint density at radius 3 is 2.74 bits per heavy atom. The van der Waals surface area contributed by atoms with Crippen LogP contribution in [0.1, 0.15) is 26.8 Å². The first-order chi connectivity index (χ1) is 10.9. The number of nitrogens with one attached hydrogen (secondary N) is 1. The summed E-state index contributed by atoms with van der Waals surface area (Å²) in [6.07, 6.45) is 1.93. The number of hydrogen-bond acceptors (Lipinski definition) is 6. The highest BCUT2D eigenvalue weighted by atomic mass is 16.6. The SMILES string of the molecule is CC(C)n1nccc1NC(=O)[C@@H](C)Oc1cccnc1[N+](=O)[O-]. The third-order valence-corrected chi connectivity index (χ3v) is 3.01. The van der Waals surface area contributed by atoms with Gasteiger partial charge in [0.15, 0.2) is 6.10 Å². The van der Waals surface area contributed by atoms with Crippen molar-refractivity contribution in [1.29, 1.82) is 0 Å². The van der Waals surface area contributed by atoms with E-state index in [1.807, 2.05) is 13.8 Å². The van der Waals surface area contributed by atoms with Gasteiger partial charge in [0, 0.05) is 12.1 Å². The molecule has 0 saturated heterocycles. The highest BCUT2D eigenvalue weighted by Crippen LogP contribution is 2.24. The summed E-state index contributed by atoms with van der Waals surface area (Å²) in [5, 5.41) is 17.7. The van der Waals surface area contributed by atoms with E-state index in [2.05, 4.69) is 15.4 Å². The van der Waals surface area contributed by atoms with Crippen molar-refractivity contribution in [3.8, 4) is 5.75 Å². The summed E-state index contributed by atoms with van der Waals surface area (Å²) in [6.45, 7) is 5.37. The maximum absolute atomic E-state index is 12.2. The molecule has 2 aromatic heterocycles. The quantitative estimate of drug-likeness (QED) is 0.645. The molecule has 0 aliphatic carbocycles. The normalized spacial score (nSPS) is 12.0. The largest absolute Gasteiger partial charge is 0.473 e. The van der Waals surface area contributed by atoms with Gasteiger partial charge in [-0.3, -0.25) is 4.79 Å². The molecule has 1 atom stereocenters.